The summed E-state index contributed by atoms with van der Waals surface area (Å²) in [5, 5.41) is 9.84. The van der Waals surface area contributed by atoms with E-state index in [1.165, 1.54) is 0 Å². The number of allylic oxidation sites excluding steroid dienone is 1. The summed E-state index contributed by atoms with van der Waals surface area (Å²) in [7, 11) is 0. The van der Waals surface area contributed by atoms with E-state index in [0.717, 1.165) is 6.20 Å². The van der Waals surface area contributed by atoms with Gasteiger partial charge in [0.1, 0.15) is 0 Å². The molecule has 4 nitrogen and oxygen atoms in total. The quantitative estimate of drug-likeness (QED) is 0.476. The van der Waals surface area contributed by atoms with E-state index in [0.29, 0.717) is 18.0 Å². The Bertz CT molecular complexity index is 152. The zero-order valence-corrected chi connectivity index (χ0v) is 6.20. The molecule has 0 unspecified atom stereocenters. The van der Waals surface area contributed by atoms with Crippen LogP contribution in [-0.2, 0) is 0 Å². The lowest BCUT2D eigenvalue weighted by atomic mass is 10.1. The van der Waals surface area contributed by atoms with Crippen LogP contribution in [0.4, 0.5) is 0 Å². The number of hydrogen-bond acceptors (Lipinski definition) is 3. The van der Waals surface area contributed by atoms with Gasteiger partial charge in [0.25, 0.3) is 6.20 Å². The second kappa shape index (κ2) is 3.87. The van der Waals surface area contributed by atoms with Crippen molar-refractivity contribution in [3.8, 4) is 0 Å². The Morgan fingerprint density at radius 2 is 2.30 bits per heavy atom. The maximum atomic E-state index is 9.84. The lowest BCUT2D eigenvalue weighted by Crippen LogP contribution is -2.03. The first-order chi connectivity index (χ1) is 4.52. The van der Waals surface area contributed by atoms with Gasteiger partial charge in [0.05, 0.1) is 10.6 Å². The summed E-state index contributed by atoms with van der Waals surface area (Å²) in [5.74, 6) is 0.371. The molecular formula is C6H12N2O2. The van der Waals surface area contributed by atoms with Crippen molar-refractivity contribution in [1.29, 1.82) is 0 Å². The van der Waals surface area contributed by atoms with E-state index in [1.54, 1.807) is 0 Å². The number of nitrogens with zero attached hydrogens (tertiary/aromatic N) is 1. The molecule has 0 aliphatic rings. The van der Waals surface area contributed by atoms with Crippen LogP contribution < -0.4 is 5.73 Å². The van der Waals surface area contributed by atoms with Crippen molar-refractivity contribution in [3.63, 3.8) is 0 Å². The zero-order chi connectivity index (χ0) is 8.15. The van der Waals surface area contributed by atoms with E-state index in [2.05, 4.69) is 0 Å². The fraction of sp³-hybridized carbons (Fsp3) is 0.667. The van der Waals surface area contributed by atoms with Crippen LogP contribution in [-0.4, -0.2) is 4.92 Å². The fourth-order valence-corrected chi connectivity index (χ4v) is 0.660. The highest BCUT2D eigenvalue weighted by Gasteiger charge is 1.99. The smallest absolute Gasteiger partial charge is 0.252 e. The van der Waals surface area contributed by atoms with Crippen LogP contribution in [0, 0.1) is 16.0 Å². The van der Waals surface area contributed by atoms with Gasteiger partial charge in [-0.2, -0.15) is 0 Å². The average molecular weight is 144 g/mol. The lowest BCUT2D eigenvalue weighted by Gasteiger charge is -2.00. The van der Waals surface area contributed by atoms with Gasteiger partial charge in [-0.25, -0.2) is 0 Å². The summed E-state index contributed by atoms with van der Waals surface area (Å²) in [6.45, 7) is 3.92. The van der Waals surface area contributed by atoms with Crippen molar-refractivity contribution in [2.24, 2.45) is 11.7 Å². The molecule has 2 N–H and O–H groups in total. The second-order valence-corrected chi connectivity index (χ2v) is 2.59. The highest BCUT2D eigenvalue weighted by Crippen LogP contribution is 2.04. The molecule has 0 bridgehead atoms. The van der Waals surface area contributed by atoms with Crippen molar-refractivity contribution in [2.75, 3.05) is 0 Å². The van der Waals surface area contributed by atoms with Crippen LogP contribution in [0.3, 0.4) is 0 Å². The summed E-state index contributed by atoms with van der Waals surface area (Å²) in [6, 6.07) is 0. The Labute approximate surface area is 59.9 Å². The topological polar surface area (TPSA) is 69.2 Å². The van der Waals surface area contributed by atoms with Crippen molar-refractivity contribution >= 4 is 0 Å². The largest absolute Gasteiger partial charge is 0.397 e. The highest BCUT2D eigenvalue weighted by atomic mass is 16.6. The minimum atomic E-state index is -0.530. The van der Waals surface area contributed by atoms with Gasteiger partial charge in [-0.15, -0.1) is 0 Å². The third-order valence-corrected chi connectivity index (χ3v) is 0.915. The summed E-state index contributed by atoms with van der Waals surface area (Å²) < 4.78 is 0. The summed E-state index contributed by atoms with van der Waals surface area (Å²) >= 11 is 0. The third kappa shape index (κ3) is 5.08. The molecule has 0 heterocycles. The van der Waals surface area contributed by atoms with Crippen molar-refractivity contribution < 1.29 is 4.92 Å². The molecule has 0 fully saturated rings. The standard InChI is InChI=1S/C6H12N2O2/c1-5(2)3-6(7)4-8(9)10/h4-5H,3,7H2,1-2H3/b6-4-. The summed E-state index contributed by atoms with van der Waals surface area (Å²) in [5.41, 5.74) is 5.63. The maximum Gasteiger partial charge on any atom is 0.252 e. The van der Waals surface area contributed by atoms with Crippen LogP contribution in [0.15, 0.2) is 11.9 Å². The Balaban J connectivity index is 3.83. The average Bonchev–Trinajstić information content (AvgIpc) is 1.58. The maximum absolute atomic E-state index is 9.84. The first-order valence-electron chi connectivity index (χ1n) is 3.12. The fourth-order valence-electron chi connectivity index (χ4n) is 0.660. The number of hydrogen-bond donors (Lipinski definition) is 1. The SMILES string of the molecule is CC(C)C/C(N)=C/[N+](=O)[O-]. The second-order valence-electron chi connectivity index (χ2n) is 2.59. The van der Waals surface area contributed by atoms with Crippen molar-refractivity contribution in [2.45, 2.75) is 20.3 Å². The number of nitro groups is 1. The monoisotopic (exact) mass is 144 g/mol. The van der Waals surface area contributed by atoms with Gasteiger partial charge in [-0.3, -0.25) is 10.1 Å². The molecule has 10 heavy (non-hydrogen) atoms. The minimum Gasteiger partial charge on any atom is -0.397 e. The van der Waals surface area contributed by atoms with E-state index in [4.69, 9.17) is 5.73 Å². The molecule has 0 spiro atoms. The minimum absolute atomic E-state index is 0.333. The van der Waals surface area contributed by atoms with Crippen LogP contribution in [0.25, 0.3) is 0 Å². The number of nitrogens with two attached hydrogens (primary N) is 1. The lowest BCUT2D eigenvalue weighted by molar-refractivity contribution is -0.403. The first kappa shape index (κ1) is 8.94. The van der Waals surface area contributed by atoms with Crippen molar-refractivity contribution in [1.82, 2.24) is 0 Å². The van der Waals surface area contributed by atoms with Crippen LogP contribution in [0.1, 0.15) is 20.3 Å². The zero-order valence-electron chi connectivity index (χ0n) is 6.20. The molecule has 0 rings (SSSR count). The van der Waals surface area contributed by atoms with E-state index < -0.39 is 4.92 Å². The van der Waals surface area contributed by atoms with E-state index in [-0.39, 0.29) is 0 Å². The van der Waals surface area contributed by atoms with Gasteiger partial charge < -0.3 is 5.73 Å². The molecular weight excluding hydrogens is 132 g/mol. The molecule has 0 atom stereocenters. The molecule has 0 aliphatic carbocycles. The van der Waals surface area contributed by atoms with Gasteiger partial charge in [0.15, 0.2) is 0 Å². The molecule has 0 radical (unpaired) electrons. The third-order valence-electron chi connectivity index (χ3n) is 0.915. The molecule has 0 aliphatic heterocycles. The van der Waals surface area contributed by atoms with Gasteiger partial charge in [0, 0.05) is 0 Å². The molecule has 58 valence electrons. The van der Waals surface area contributed by atoms with Crippen molar-refractivity contribution in [3.05, 3.63) is 22.0 Å². The van der Waals surface area contributed by atoms with Crippen LogP contribution >= 0.6 is 0 Å². The van der Waals surface area contributed by atoms with Gasteiger partial charge >= 0.3 is 0 Å². The predicted octanol–water partition coefficient (Wildman–Crippen LogP) is 1.11. The molecule has 0 aromatic rings. The van der Waals surface area contributed by atoms with E-state index in [9.17, 15) is 10.1 Å². The Hall–Kier alpha value is -1.06. The van der Waals surface area contributed by atoms with Crippen LogP contribution in [0.5, 0.6) is 0 Å². The Morgan fingerprint density at radius 1 is 1.80 bits per heavy atom. The predicted molar refractivity (Wildman–Crippen MR) is 38.7 cm³/mol. The van der Waals surface area contributed by atoms with E-state index >= 15 is 0 Å². The first-order valence-corrected chi connectivity index (χ1v) is 3.12. The highest BCUT2D eigenvalue weighted by molar-refractivity contribution is 4.90. The van der Waals surface area contributed by atoms with E-state index in [1.807, 2.05) is 13.8 Å². The summed E-state index contributed by atoms with van der Waals surface area (Å²) in [6.07, 6.45) is 1.43. The Kier molecular flexibility index (Phi) is 3.46. The van der Waals surface area contributed by atoms with Gasteiger partial charge in [0.2, 0.25) is 0 Å². The molecule has 4 heteroatoms. The molecule has 0 saturated carbocycles. The Morgan fingerprint density at radius 3 is 2.60 bits per heavy atom. The molecule has 0 amide bonds. The van der Waals surface area contributed by atoms with Crippen LogP contribution in [0.2, 0.25) is 0 Å². The number of rotatable bonds is 3. The van der Waals surface area contributed by atoms with Gasteiger partial charge in [-0.05, 0) is 12.3 Å². The van der Waals surface area contributed by atoms with Gasteiger partial charge in [-0.1, -0.05) is 13.8 Å². The molecule has 0 aromatic heterocycles. The molecule has 0 aromatic carbocycles. The molecule has 0 saturated heterocycles. The summed E-state index contributed by atoms with van der Waals surface area (Å²) in [4.78, 5) is 9.31. The normalized spacial score (nSPS) is 12.1.